The van der Waals surface area contributed by atoms with Gasteiger partial charge in [0.1, 0.15) is 6.07 Å². The lowest BCUT2D eigenvalue weighted by Crippen LogP contribution is -2.17. The average molecular weight is 262 g/mol. The van der Waals surface area contributed by atoms with Crippen LogP contribution in [-0.4, -0.2) is 29.8 Å². The summed E-state index contributed by atoms with van der Waals surface area (Å²) in [6.45, 7) is 0.394. The Morgan fingerprint density at radius 2 is 2.32 bits per heavy atom. The van der Waals surface area contributed by atoms with Crippen LogP contribution < -0.4 is 10.1 Å². The molecule has 100 valence electrons. The number of nitrogens with zero attached hydrogens (tertiary/aromatic N) is 1. The second kappa shape index (κ2) is 5.16. The van der Waals surface area contributed by atoms with Crippen LogP contribution >= 0.6 is 0 Å². The highest BCUT2D eigenvalue weighted by atomic mass is 16.5. The lowest BCUT2D eigenvalue weighted by atomic mass is 9.98. The van der Waals surface area contributed by atoms with Gasteiger partial charge in [-0.15, -0.1) is 0 Å². The van der Waals surface area contributed by atoms with Gasteiger partial charge in [-0.2, -0.15) is 5.26 Å². The van der Waals surface area contributed by atoms with Gasteiger partial charge in [0.05, 0.1) is 18.6 Å². The van der Waals surface area contributed by atoms with Gasteiger partial charge >= 0.3 is 5.97 Å². The number of hydrogen-bond acceptors (Lipinski definition) is 5. The summed E-state index contributed by atoms with van der Waals surface area (Å²) in [5.74, 6) is -1.24. The van der Waals surface area contributed by atoms with E-state index < -0.39 is 11.9 Å². The van der Waals surface area contributed by atoms with Crippen molar-refractivity contribution in [2.24, 2.45) is 5.92 Å². The molecule has 1 aliphatic heterocycles. The molecule has 2 atom stereocenters. The van der Waals surface area contributed by atoms with E-state index in [4.69, 9.17) is 15.1 Å². The van der Waals surface area contributed by atoms with E-state index in [1.807, 2.05) is 6.07 Å². The second-order valence-corrected chi connectivity index (χ2v) is 4.46. The van der Waals surface area contributed by atoms with Crippen molar-refractivity contribution in [2.75, 3.05) is 13.7 Å². The minimum atomic E-state index is -0.832. The van der Waals surface area contributed by atoms with Crippen LogP contribution in [0.1, 0.15) is 23.6 Å². The molecule has 0 bridgehead atoms. The highest BCUT2D eigenvalue weighted by molar-refractivity contribution is 5.71. The van der Waals surface area contributed by atoms with Gasteiger partial charge in [0.2, 0.25) is 0 Å². The number of nitrogens with one attached hydrogen (secondary N) is 1. The van der Waals surface area contributed by atoms with Crippen molar-refractivity contribution < 1.29 is 19.7 Å². The van der Waals surface area contributed by atoms with Crippen LogP contribution in [0.3, 0.4) is 0 Å². The Balaban J connectivity index is 2.31. The van der Waals surface area contributed by atoms with Gasteiger partial charge < -0.3 is 20.3 Å². The fraction of sp³-hybridized carbons (Fsp3) is 0.385. The molecule has 19 heavy (non-hydrogen) atoms. The summed E-state index contributed by atoms with van der Waals surface area (Å²) in [4.78, 5) is 10.9. The minimum Gasteiger partial charge on any atom is -0.503 e. The van der Waals surface area contributed by atoms with Crippen LogP contribution in [0.2, 0.25) is 0 Å². The third kappa shape index (κ3) is 2.46. The Morgan fingerprint density at radius 3 is 2.84 bits per heavy atom. The van der Waals surface area contributed by atoms with Crippen LogP contribution in [-0.2, 0) is 4.79 Å². The molecule has 2 unspecified atom stereocenters. The summed E-state index contributed by atoms with van der Waals surface area (Å²) in [7, 11) is 1.40. The molecule has 0 aromatic heterocycles. The zero-order valence-corrected chi connectivity index (χ0v) is 10.4. The predicted octanol–water partition coefficient (Wildman–Crippen LogP) is 1.01. The van der Waals surface area contributed by atoms with Crippen molar-refractivity contribution in [3.63, 3.8) is 0 Å². The molecule has 3 N–H and O–H groups in total. The Hall–Kier alpha value is -2.26. The van der Waals surface area contributed by atoms with Crippen LogP contribution in [0.5, 0.6) is 11.5 Å². The van der Waals surface area contributed by atoms with Crippen molar-refractivity contribution in [2.45, 2.75) is 12.5 Å². The van der Waals surface area contributed by atoms with Crippen LogP contribution in [0.4, 0.5) is 0 Å². The van der Waals surface area contributed by atoms with Gasteiger partial charge in [-0.3, -0.25) is 4.79 Å². The van der Waals surface area contributed by atoms with Crippen molar-refractivity contribution in [1.82, 2.24) is 5.32 Å². The number of aromatic hydroxyl groups is 1. The molecule has 0 aliphatic carbocycles. The number of phenolic OH excluding ortho intramolecular Hbond substituents is 1. The largest absolute Gasteiger partial charge is 0.503 e. The topological polar surface area (TPSA) is 103 Å². The fourth-order valence-corrected chi connectivity index (χ4v) is 2.25. The number of nitriles is 1. The number of carbonyl (C=O) groups is 1. The summed E-state index contributed by atoms with van der Waals surface area (Å²) >= 11 is 0. The first-order valence-electron chi connectivity index (χ1n) is 5.84. The summed E-state index contributed by atoms with van der Waals surface area (Å²) in [6, 6.07) is 4.92. The molecule has 0 radical (unpaired) electrons. The molecular weight excluding hydrogens is 248 g/mol. The number of phenols is 1. The van der Waals surface area contributed by atoms with E-state index in [2.05, 4.69) is 5.32 Å². The zero-order valence-electron chi connectivity index (χ0n) is 10.4. The van der Waals surface area contributed by atoms with Crippen LogP contribution in [0, 0.1) is 17.2 Å². The van der Waals surface area contributed by atoms with Gasteiger partial charge in [0.25, 0.3) is 0 Å². The minimum absolute atomic E-state index is 0.120. The monoisotopic (exact) mass is 262 g/mol. The number of carboxylic acid groups (broad SMARTS) is 1. The van der Waals surface area contributed by atoms with E-state index in [9.17, 15) is 9.90 Å². The van der Waals surface area contributed by atoms with Crippen molar-refractivity contribution in [3.8, 4) is 17.6 Å². The SMILES string of the molecule is COc1cc(C2CC(C(=O)O)CN2)cc(C#N)c1O. The third-order valence-electron chi connectivity index (χ3n) is 3.32. The number of methoxy groups -OCH3 is 1. The summed E-state index contributed by atoms with van der Waals surface area (Å²) in [5, 5.41) is 30.8. The molecule has 1 heterocycles. The summed E-state index contributed by atoms with van der Waals surface area (Å²) in [6.07, 6.45) is 0.453. The number of rotatable bonds is 3. The molecule has 0 spiro atoms. The van der Waals surface area contributed by atoms with Gasteiger partial charge in [-0.1, -0.05) is 0 Å². The summed E-state index contributed by atoms with van der Waals surface area (Å²) in [5.41, 5.74) is 0.866. The maximum atomic E-state index is 10.9. The molecule has 2 rings (SSSR count). The Kier molecular flexibility index (Phi) is 3.58. The highest BCUT2D eigenvalue weighted by Crippen LogP contribution is 2.36. The smallest absolute Gasteiger partial charge is 0.307 e. The number of ether oxygens (including phenoxy) is 1. The molecule has 0 amide bonds. The van der Waals surface area contributed by atoms with Crippen LogP contribution in [0.25, 0.3) is 0 Å². The standard InChI is InChI=1S/C13H14N2O4/c1-19-11-4-7(2-8(5-14)12(11)16)10-3-9(6-15-10)13(17)18/h2,4,9-10,15-16H,3,6H2,1H3,(H,17,18). The van der Waals surface area contributed by atoms with Crippen molar-refractivity contribution >= 4 is 5.97 Å². The number of hydrogen-bond donors (Lipinski definition) is 3. The van der Waals surface area contributed by atoms with Gasteiger partial charge in [0, 0.05) is 12.6 Å². The van der Waals surface area contributed by atoms with Gasteiger partial charge in [-0.25, -0.2) is 0 Å². The normalized spacial score (nSPS) is 21.9. The van der Waals surface area contributed by atoms with Crippen LogP contribution in [0.15, 0.2) is 12.1 Å². The van der Waals surface area contributed by atoms with Crippen molar-refractivity contribution in [1.29, 1.82) is 5.26 Å². The van der Waals surface area contributed by atoms with Gasteiger partial charge in [0.15, 0.2) is 11.5 Å². The first kappa shape index (κ1) is 13.2. The molecule has 1 saturated heterocycles. The first-order chi connectivity index (χ1) is 9.06. The summed E-state index contributed by atoms with van der Waals surface area (Å²) < 4.78 is 5.02. The Bertz CT molecular complexity index is 550. The highest BCUT2D eigenvalue weighted by Gasteiger charge is 2.31. The third-order valence-corrected chi connectivity index (χ3v) is 3.32. The van der Waals surface area contributed by atoms with E-state index in [1.165, 1.54) is 7.11 Å². The number of carboxylic acids is 1. The quantitative estimate of drug-likeness (QED) is 0.751. The Labute approximate surface area is 110 Å². The molecule has 6 nitrogen and oxygen atoms in total. The first-order valence-corrected chi connectivity index (χ1v) is 5.84. The molecule has 1 aromatic carbocycles. The van der Waals surface area contributed by atoms with E-state index >= 15 is 0 Å². The van der Waals surface area contributed by atoms with E-state index in [0.29, 0.717) is 13.0 Å². The fourth-order valence-electron chi connectivity index (χ4n) is 2.25. The van der Waals surface area contributed by atoms with E-state index in [1.54, 1.807) is 12.1 Å². The molecule has 1 aliphatic rings. The molecule has 6 heteroatoms. The maximum Gasteiger partial charge on any atom is 0.307 e. The van der Waals surface area contributed by atoms with Gasteiger partial charge in [-0.05, 0) is 24.1 Å². The predicted molar refractivity (Wildman–Crippen MR) is 65.9 cm³/mol. The lowest BCUT2D eigenvalue weighted by Gasteiger charge is -2.14. The molecule has 1 fully saturated rings. The number of benzene rings is 1. The molecule has 1 aromatic rings. The average Bonchev–Trinajstić information content (AvgIpc) is 2.89. The number of aliphatic carboxylic acids is 1. The lowest BCUT2D eigenvalue weighted by molar-refractivity contribution is -0.141. The van der Waals surface area contributed by atoms with E-state index in [-0.39, 0.29) is 23.1 Å². The Morgan fingerprint density at radius 1 is 1.58 bits per heavy atom. The maximum absolute atomic E-state index is 10.9. The molecular formula is C13H14N2O4. The zero-order chi connectivity index (χ0) is 14.0. The second-order valence-electron chi connectivity index (χ2n) is 4.46. The molecule has 0 saturated carbocycles. The van der Waals surface area contributed by atoms with E-state index in [0.717, 1.165) is 5.56 Å². The van der Waals surface area contributed by atoms with Crippen molar-refractivity contribution in [3.05, 3.63) is 23.3 Å².